The molecule has 3 heterocycles. The van der Waals surface area contributed by atoms with Crippen LogP contribution in [0.4, 0.5) is 0 Å². The highest BCUT2D eigenvalue weighted by molar-refractivity contribution is 5.86. The molecule has 0 bridgehead atoms. The third-order valence-electron chi connectivity index (χ3n) is 5.72. The topological polar surface area (TPSA) is 72.0 Å². The van der Waals surface area contributed by atoms with Crippen LogP contribution in [0.2, 0.25) is 0 Å². The Bertz CT molecular complexity index is 673. The Labute approximate surface area is 159 Å². The molecule has 2 amide bonds. The van der Waals surface area contributed by atoms with Gasteiger partial charge in [0.15, 0.2) is 6.10 Å². The number of carbonyl (C=O) groups excluding carboxylic acids is 2. The van der Waals surface area contributed by atoms with Crippen molar-refractivity contribution < 1.29 is 19.1 Å². The van der Waals surface area contributed by atoms with Gasteiger partial charge in [0.2, 0.25) is 5.91 Å². The predicted molar refractivity (Wildman–Crippen MR) is 97.8 cm³/mol. The lowest BCUT2D eigenvalue weighted by Crippen LogP contribution is -2.55. The quantitative estimate of drug-likeness (QED) is 0.780. The Morgan fingerprint density at radius 1 is 1.30 bits per heavy atom. The maximum Gasteiger partial charge on any atom is 0.254 e. The highest BCUT2D eigenvalue weighted by Crippen LogP contribution is 2.39. The van der Waals surface area contributed by atoms with Crippen LogP contribution in [0, 0.1) is 5.92 Å². The zero-order valence-electron chi connectivity index (χ0n) is 15.8. The van der Waals surface area contributed by atoms with Crippen LogP contribution < -0.4 is 0 Å². The van der Waals surface area contributed by atoms with Crippen LogP contribution in [0.15, 0.2) is 24.5 Å². The van der Waals surface area contributed by atoms with Gasteiger partial charge in [0, 0.05) is 45.2 Å². The van der Waals surface area contributed by atoms with E-state index in [1.807, 2.05) is 24.1 Å². The fourth-order valence-electron chi connectivity index (χ4n) is 4.13. The van der Waals surface area contributed by atoms with Crippen molar-refractivity contribution in [3.8, 4) is 0 Å². The van der Waals surface area contributed by atoms with Crippen molar-refractivity contribution in [3.05, 3.63) is 30.1 Å². The maximum absolute atomic E-state index is 13.3. The van der Waals surface area contributed by atoms with Crippen molar-refractivity contribution in [2.75, 3.05) is 33.4 Å². The van der Waals surface area contributed by atoms with E-state index in [4.69, 9.17) is 9.47 Å². The number of nitrogens with zero attached hydrogens (tertiary/aromatic N) is 3. The molecule has 3 aliphatic rings. The van der Waals surface area contributed by atoms with Crippen molar-refractivity contribution >= 4 is 11.8 Å². The summed E-state index contributed by atoms with van der Waals surface area (Å²) in [6.45, 7) is 2.18. The van der Waals surface area contributed by atoms with E-state index >= 15 is 0 Å². The highest BCUT2D eigenvalue weighted by atomic mass is 16.5. The first-order valence-corrected chi connectivity index (χ1v) is 9.80. The number of amides is 2. The first kappa shape index (κ1) is 18.4. The summed E-state index contributed by atoms with van der Waals surface area (Å²) in [4.78, 5) is 33.7. The Morgan fingerprint density at radius 3 is 2.74 bits per heavy atom. The van der Waals surface area contributed by atoms with Gasteiger partial charge in [0.1, 0.15) is 6.61 Å². The first-order valence-electron chi connectivity index (χ1n) is 9.80. The lowest BCUT2D eigenvalue weighted by atomic mass is 9.96. The number of carbonyl (C=O) groups is 2. The van der Waals surface area contributed by atoms with Crippen LogP contribution in [-0.4, -0.2) is 72.2 Å². The van der Waals surface area contributed by atoms with Crippen molar-refractivity contribution in [2.45, 2.75) is 43.9 Å². The molecule has 0 N–H and O–H groups in total. The number of rotatable bonds is 5. The van der Waals surface area contributed by atoms with Crippen LogP contribution in [0.5, 0.6) is 0 Å². The Hall–Kier alpha value is -1.99. The van der Waals surface area contributed by atoms with Crippen molar-refractivity contribution in [2.24, 2.45) is 5.92 Å². The number of likely N-dealkylation sites (N-methyl/N-ethyl adjacent to an activating group) is 1. The van der Waals surface area contributed by atoms with E-state index in [0.29, 0.717) is 12.5 Å². The van der Waals surface area contributed by atoms with Crippen molar-refractivity contribution in [3.63, 3.8) is 0 Å². The van der Waals surface area contributed by atoms with Crippen molar-refractivity contribution in [1.82, 2.24) is 14.8 Å². The summed E-state index contributed by atoms with van der Waals surface area (Å²) in [6, 6.07) is 3.57. The van der Waals surface area contributed by atoms with Gasteiger partial charge in [-0.3, -0.25) is 14.6 Å². The molecule has 2 saturated heterocycles. The van der Waals surface area contributed by atoms with Crippen LogP contribution in [-0.2, 0) is 19.1 Å². The molecule has 0 radical (unpaired) electrons. The van der Waals surface area contributed by atoms with Gasteiger partial charge in [0.05, 0.1) is 6.04 Å². The summed E-state index contributed by atoms with van der Waals surface area (Å²) in [5.41, 5.74) is 0.857. The molecule has 27 heavy (non-hydrogen) atoms. The van der Waals surface area contributed by atoms with E-state index in [1.165, 1.54) is 0 Å². The largest absolute Gasteiger partial charge is 0.381 e. The summed E-state index contributed by atoms with van der Waals surface area (Å²) in [5.74, 6) is 0.352. The van der Waals surface area contributed by atoms with Crippen molar-refractivity contribution in [1.29, 1.82) is 0 Å². The molecule has 0 unspecified atom stereocenters. The molecule has 3 fully saturated rings. The Kier molecular flexibility index (Phi) is 5.41. The maximum atomic E-state index is 13.3. The van der Waals surface area contributed by atoms with Crippen LogP contribution in [0.3, 0.4) is 0 Å². The van der Waals surface area contributed by atoms with E-state index in [9.17, 15) is 9.59 Å². The molecule has 0 aromatic carbocycles. The van der Waals surface area contributed by atoms with E-state index < -0.39 is 12.1 Å². The van der Waals surface area contributed by atoms with Crippen LogP contribution in [0.25, 0.3) is 0 Å². The summed E-state index contributed by atoms with van der Waals surface area (Å²) in [5, 5.41) is 0. The molecule has 7 nitrogen and oxygen atoms in total. The van der Waals surface area contributed by atoms with Gasteiger partial charge >= 0.3 is 0 Å². The average molecular weight is 373 g/mol. The van der Waals surface area contributed by atoms with Gasteiger partial charge in [0.25, 0.3) is 5.91 Å². The molecule has 7 heteroatoms. The van der Waals surface area contributed by atoms with E-state index in [0.717, 1.165) is 44.5 Å². The fourth-order valence-corrected chi connectivity index (χ4v) is 4.13. The van der Waals surface area contributed by atoms with Crippen LogP contribution >= 0.6 is 0 Å². The molecule has 1 aliphatic carbocycles. The molecule has 146 valence electrons. The standard InChI is InChI=1S/C20H27N3O4/c1-22(12-14-6-9-26-10-7-14)20(25)19-18(15-3-2-8-21-11-15)23(16-4-5-16)17(24)13-27-19/h2-3,8,11,14,16,18-19H,4-7,9-10,12-13H2,1H3/t18-,19+/m1/s1. The zero-order chi connectivity index (χ0) is 18.8. The SMILES string of the molecule is CN(CC1CCOCC1)C(=O)[C@H]1OCC(=O)N(C2CC2)[C@@H]1c1cccnc1. The molecular weight excluding hydrogens is 346 g/mol. The minimum absolute atomic E-state index is 0.0330. The second kappa shape index (κ2) is 7.94. The third-order valence-corrected chi connectivity index (χ3v) is 5.72. The number of aromatic nitrogens is 1. The van der Waals surface area contributed by atoms with E-state index in [2.05, 4.69) is 4.98 Å². The smallest absolute Gasteiger partial charge is 0.254 e. The summed E-state index contributed by atoms with van der Waals surface area (Å²) >= 11 is 0. The molecular formula is C20H27N3O4. The second-order valence-electron chi connectivity index (χ2n) is 7.77. The predicted octanol–water partition coefficient (Wildman–Crippen LogP) is 1.40. The molecule has 1 aromatic rings. The van der Waals surface area contributed by atoms with Gasteiger partial charge in [-0.1, -0.05) is 6.07 Å². The third kappa shape index (κ3) is 3.99. The number of hydrogen-bond acceptors (Lipinski definition) is 5. The monoisotopic (exact) mass is 373 g/mol. The lowest BCUT2D eigenvalue weighted by molar-refractivity contribution is -0.170. The molecule has 1 aromatic heterocycles. The zero-order valence-corrected chi connectivity index (χ0v) is 15.8. The minimum atomic E-state index is -0.683. The summed E-state index contributed by atoms with van der Waals surface area (Å²) < 4.78 is 11.2. The minimum Gasteiger partial charge on any atom is -0.381 e. The lowest BCUT2D eigenvalue weighted by Gasteiger charge is -2.42. The number of pyridine rings is 1. The molecule has 4 rings (SSSR count). The Morgan fingerprint density at radius 2 is 2.07 bits per heavy atom. The molecule has 2 aliphatic heterocycles. The first-order chi connectivity index (χ1) is 13.1. The number of morpholine rings is 1. The number of ether oxygens (including phenoxy) is 2. The molecule has 2 atom stereocenters. The average Bonchev–Trinajstić information content (AvgIpc) is 3.53. The van der Waals surface area contributed by atoms with E-state index in [1.54, 1.807) is 17.3 Å². The van der Waals surface area contributed by atoms with E-state index in [-0.39, 0.29) is 24.5 Å². The highest BCUT2D eigenvalue weighted by Gasteiger charge is 2.48. The second-order valence-corrected chi connectivity index (χ2v) is 7.77. The summed E-state index contributed by atoms with van der Waals surface area (Å²) in [6.07, 6.45) is 6.68. The fraction of sp³-hybridized carbons (Fsp3) is 0.650. The van der Waals surface area contributed by atoms with Gasteiger partial charge in [-0.25, -0.2) is 0 Å². The van der Waals surface area contributed by atoms with Crippen LogP contribution in [0.1, 0.15) is 37.3 Å². The summed E-state index contributed by atoms with van der Waals surface area (Å²) in [7, 11) is 1.83. The van der Waals surface area contributed by atoms with Gasteiger partial charge in [-0.05, 0) is 43.2 Å². The molecule has 1 saturated carbocycles. The number of hydrogen-bond donors (Lipinski definition) is 0. The normalized spacial score (nSPS) is 26.9. The van der Waals surface area contributed by atoms with Gasteiger partial charge < -0.3 is 19.3 Å². The van der Waals surface area contributed by atoms with Gasteiger partial charge in [-0.15, -0.1) is 0 Å². The molecule has 0 spiro atoms. The Balaban J connectivity index is 1.55. The van der Waals surface area contributed by atoms with Gasteiger partial charge in [-0.2, -0.15) is 0 Å².